The number of furan rings is 1. The number of hydrogen-bond donors (Lipinski definition) is 1. The van der Waals surface area contributed by atoms with Gasteiger partial charge in [-0.2, -0.15) is 0 Å². The van der Waals surface area contributed by atoms with E-state index in [1.165, 1.54) is 0 Å². The number of aliphatic imine (C=N–C) groups is 1. The monoisotopic (exact) mass is 235 g/mol. The van der Waals surface area contributed by atoms with Gasteiger partial charge in [0.25, 0.3) is 0 Å². The van der Waals surface area contributed by atoms with Crippen molar-refractivity contribution in [3.05, 3.63) is 36.3 Å². The number of nitrogens with zero attached hydrogens (tertiary/aromatic N) is 2. The van der Waals surface area contributed by atoms with E-state index in [1.807, 2.05) is 31.0 Å². The molecule has 0 saturated carbocycles. The summed E-state index contributed by atoms with van der Waals surface area (Å²) >= 11 is 0. The standard InChI is InChI=1S/C13H21N3O/c1-11(2)10-16(4)13(14-3)15-8-7-12-6-5-9-17-12/h5-6,9H,1,7-8,10H2,2-4H3,(H,14,15). The highest BCUT2D eigenvalue weighted by atomic mass is 16.3. The van der Waals surface area contributed by atoms with Crippen molar-refractivity contribution in [2.45, 2.75) is 13.3 Å². The molecule has 94 valence electrons. The Balaban J connectivity index is 2.35. The summed E-state index contributed by atoms with van der Waals surface area (Å²) < 4.78 is 5.27. The van der Waals surface area contributed by atoms with E-state index in [1.54, 1.807) is 13.3 Å². The molecule has 0 aromatic carbocycles. The smallest absolute Gasteiger partial charge is 0.193 e. The minimum atomic E-state index is 0.806. The Hall–Kier alpha value is -1.71. The van der Waals surface area contributed by atoms with Gasteiger partial charge in [-0.3, -0.25) is 4.99 Å². The number of hydrogen-bond acceptors (Lipinski definition) is 2. The van der Waals surface area contributed by atoms with Crippen LogP contribution in [0.5, 0.6) is 0 Å². The van der Waals surface area contributed by atoms with Crippen LogP contribution in [0.25, 0.3) is 0 Å². The molecule has 0 aliphatic carbocycles. The molecule has 0 fully saturated rings. The van der Waals surface area contributed by atoms with Gasteiger partial charge in [-0.15, -0.1) is 0 Å². The molecular weight excluding hydrogens is 214 g/mol. The van der Waals surface area contributed by atoms with Crippen LogP contribution in [0.3, 0.4) is 0 Å². The minimum absolute atomic E-state index is 0.806. The van der Waals surface area contributed by atoms with E-state index in [9.17, 15) is 0 Å². The van der Waals surface area contributed by atoms with Crippen LogP contribution in [0.15, 0.2) is 40.0 Å². The normalized spacial score (nSPS) is 11.4. The second-order valence-electron chi connectivity index (χ2n) is 4.12. The van der Waals surface area contributed by atoms with Crippen molar-refractivity contribution in [1.82, 2.24) is 10.2 Å². The summed E-state index contributed by atoms with van der Waals surface area (Å²) in [6.07, 6.45) is 2.55. The first kappa shape index (κ1) is 13.4. The SMILES string of the molecule is C=C(C)CN(C)C(=NC)NCCc1ccco1. The lowest BCUT2D eigenvalue weighted by Crippen LogP contribution is -2.40. The quantitative estimate of drug-likeness (QED) is 0.481. The summed E-state index contributed by atoms with van der Waals surface area (Å²) in [6, 6.07) is 3.87. The molecule has 0 radical (unpaired) electrons. The lowest BCUT2D eigenvalue weighted by atomic mass is 10.3. The topological polar surface area (TPSA) is 40.8 Å². The maximum absolute atomic E-state index is 5.27. The first-order chi connectivity index (χ1) is 8.13. The molecule has 0 aliphatic rings. The van der Waals surface area contributed by atoms with Gasteiger partial charge in [-0.1, -0.05) is 12.2 Å². The fourth-order valence-corrected chi connectivity index (χ4v) is 1.62. The summed E-state index contributed by atoms with van der Waals surface area (Å²) in [6.45, 7) is 7.51. The van der Waals surface area contributed by atoms with Gasteiger partial charge in [0, 0.05) is 33.6 Å². The first-order valence-corrected chi connectivity index (χ1v) is 5.72. The Kier molecular flexibility index (Phi) is 5.33. The molecule has 1 rings (SSSR count). The minimum Gasteiger partial charge on any atom is -0.469 e. The zero-order chi connectivity index (χ0) is 12.7. The van der Waals surface area contributed by atoms with E-state index < -0.39 is 0 Å². The number of nitrogens with one attached hydrogen (secondary N) is 1. The van der Waals surface area contributed by atoms with Crippen molar-refractivity contribution in [3.8, 4) is 0 Å². The molecule has 1 heterocycles. The molecule has 0 aliphatic heterocycles. The maximum atomic E-state index is 5.27. The molecule has 1 aromatic rings. The third-order valence-electron chi connectivity index (χ3n) is 2.32. The van der Waals surface area contributed by atoms with Crippen molar-refractivity contribution in [2.75, 3.05) is 27.2 Å². The number of guanidine groups is 1. The predicted octanol–water partition coefficient (Wildman–Crippen LogP) is 1.91. The largest absolute Gasteiger partial charge is 0.469 e. The zero-order valence-corrected chi connectivity index (χ0v) is 10.9. The summed E-state index contributed by atoms with van der Waals surface area (Å²) in [7, 11) is 3.78. The zero-order valence-electron chi connectivity index (χ0n) is 10.9. The van der Waals surface area contributed by atoms with Gasteiger partial charge in [-0.25, -0.2) is 0 Å². The Bertz CT molecular complexity index is 368. The molecule has 0 amide bonds. The first-order valence-electron chi connectivity index (χ1n) is 5.72. The van der Waals surface area contributed by atoms with Crippen molar-refractivity contribution in [3.63, 3.8) is 0 Å². The van der Waals surface area contributed by atoms with Crippen LogP contribution in [0, 0.1) is 0 Å². The highest BCUT2D eigenvalue weighted by molar-refractivity contribution is 5.79. The van der Waals surface area contributed by atoms with Crippen molar-refractivity contribution in [1.29, 1.82) is 0 Å². The lowest BCUT2D eigenvalue weighted by molar-refractivity contribution is 0.494. The molecule has 0 unspecified atom stereocenters. The van der Waals surface area contributed by atoms with Crippen molar-refractivity contribution in [2.24, 2.45) is 4.99 Å². The Labute approximate surface area is 103 Å². The van der Waals surface area contributed by atoms with Crippen LogP contribution in [0.4, 0.5) is 0 Å². The van der Waals surface area contributed by atoms with E-state index in [2.05, 4.69) is 16.9 Å². The summed E-state index contributed by atoms with van der Waals surface area (Å²) in [4.78, 5) is 6.27. The van der Waals surface area contributed by atoms with E-state index in [4.69, 9.17) is 4.42 Å². The van der Waals surface area contributed by atoms with E-state index >= 15 is 0 Å². The van der Waals surface area contributed by atoms with Gasteiger partial charge in [0.2, 0.25) is 0 Å². The summed E-state index contributed by atoms with van der Waals surface area (Å²) in [5.74, 6) is 1.86. The van der Waals surface area contributed by atoms with Crippen LogP contribution in [0.2, 0.25) is 0 Å². The van der Waals surface area contributed by atoms with Crippen LogP contribution >= 0.6 is 0 Å². The molecule has 4 nitrogen and oxygen atoms in total. The van der Waals surface area contributed by atoms with Crippen LogP contribution in [-0.4, -0.2) is 38.0 Å². The second kappa shape index (κ2) is 6.78. The molecule has 1 aromatic heterocycles. The molecular formula is C13H21N3O. The lowest BCUT2D eigenvalue weighted by Gasteiger charge is -2.21. The van der Waals surface area contributed by atoms with Gasteiger partial charge in [0.15, 0.2) is 5.96 Å². The molecule has 0 atom stereocenters. The number of likely N-dealkylation sites (N-methyl/N-ethyl adjacent to an activating group) is 1. The maximum Gasteiger partial charge on any atom is 0.193 e. The molecule has 0 bridgehead atoms. The van der Waals surface area contributed by atoms with Crippen molar-refractivity contribution < 1.29 is 4.42 Å². The van der Waals surface area contributed by atoms with Gasteiger partial charge < -0.3 is 14.6 Å². The van der Waals surface area contributed by atoms with E-state index in [-0.39, 0.29) is 0 Å². The highest BCUT2D eigenvalue weighted by Gasteiger charge is 2.05. The fraction of sp³-hybridized carbons (Fsp3) is 0.462. The second-order valence-corrected chi connectivity index (χ2v) is 4.12. The molecule has 1 N–H and O–H groups in total. The van der Waals surface area contributed by atoms with Crippen molar-refractivity contribution >= 4 is 5.96 Å². The highest BCUT2D eigenvalue weighted by Crippen LogP contribution is 2.00. The van der Waals surface area contributed by atoms with Gasteiger partial charge in [0.05, 0.1) is 6.26 Å². The van der Waals surface area contributed by atoms with Crippen LogP contribution in [0.1, 0.15) is 12.7 Å². The Morgan fingerprint density at radius 1 is 1.59 bits per heavy atom. The third-order valence-corrected chi connectivity index (χ3v) is 2.32. The molecule has 17 heavy (non-hydrogen) atoms. The third kappa shape index (κ3) is 4.76. The molecule has 4 heteroatoms. The van der Waals surface area contributed by atoms with Gasteiger partial charge in [-0.05, 0) is 19.1 Å². The average molecular weight is 235 g/mol. The Morgan fingerprint density at radius 3 is 2.88 bits per heavy atom. The van der Waals surface area contributed by atoms with Gasteiger partial charge >= 0.3 is 0 Å². The van der Waals surface area contributed by atoms with E-state index in [0.29, 0.717) is 0 Å². The summed E-state index contributed by atoms with van der Waals surface area (Å²) in [5.41, 5.74) is 1.11. The molecule has 0 saturated heterocycles. The predicted molar refractivity (Wildman–Crippen MR) is 71.2 cm³/mol. The van der Waals surface area contributed by atoms with E-state index in [0.717, 1.165) is 36.8 Å². The Morgan fingerprint density at radius 2 is 2.35 bits per heavy atom. The van der Waals surface area contributed by atoms with Gasteiger partial charge in [0.1, 0.15) is 5.76 Å². The molecule has 0 spiro atoms. The average Bonchev–Trinajstić information content (AvgIpc) is 2.76. The summed E-state index contributed by atoms with van der Waals surface area (Å²) in [5, 5.41) is 3.29. The fourth-order valence-electron chi connectivity index (χ4n) is 1.62. The van der Waals surface area contributed by atoms with Crippen LogP contribution < -0.4 is 5.32 Å². The van der Waals surface area contributed by atoms with Crippen LogP contribution in [-0.2, 0) is 6.42 Å². The number of rotatable bonds is 5.